The molecule has 0 fully saturated rings. The van der Waals surface area contributed by atoms with Crippen LogP contribution in [0.3, 0.4) is 0 Å². The van der Waals surface area contributed by atoms with E-state index < -0.39 is 0 Å². The number of carbonyl (C=O) groups excluding carboxylic acids is 1. The lowest BCUT2D eigenvalue weighted by Crippen LogP contribution is -2.25. The number of rotatable bonds is 5. The zero-order chi connectivity index (χ0) is 12.0. The number of hydrogen-bond donors (Lipinski definition) is 2. The molecule has 3 nitrogen and oxygen atoms in total. The van der Waals surface area contributed by atoms with Gasteiger partial charge in [0.25, 0.3) is 0 Å². The van der Waals surface area contributed by atoms with E-state index in [4.69, 9.17) is 5.73 Å². The molecule has 0 aliphatic rings. The summed E-state index contributed by atoms with van der Waals surface area (Å²) in [4.78, 5) is 11.3. The predicted molar refractivity (Wildman–Crippen MR) is 61.1 cm³/mol. The number of benzene rings is 1. The van der Waals surface area contributed by atoms with Crippen LogP contribution in [-0.4, -0.2) is 11.9 Å². The third-order valence-electron chi connectivity index (χ3n) is 2.23. The van der Waals surface area contributed by atoms with E-state index in [1.54, 1.807) is 12.1 Å². The molecule has 88 valence electrons. The molecule has 1 rings (SSSR count). The van der Waals surface area contributed by atoms with Crippen LogP contribution in [0.15, 0.2) is 24.3 Å². The van der Waals surface area contributed by atoms with Crippen molar-refractivity contribution >= 4 is 5.91 Å². The molecule has 0 heterocycles. The third-order valence-corrected chi connectivity index (χ3v) is 2.23. The van der Waals surface area contributed by atoms with Gasteiger partial charge in [-0.25, -0.2) is 4.39 Å². The summed E-state index contributed by atoms with van der Waals surface area (Å²) in [5.74, 6) is -0.298. The van der Waals surface area contributed by atoms with Gasteiger partial charge in [-0.1, -0.05) is 12.1 Å². The zero-order valence-electron chi connectivity index (χ0n) is 9.37. The van der Waals surface area contributed by atoms with Gasteiger partial charge < -0.3 is 11.1 Å². The Bertz CT molecular complexity index is 335. The molecular formula is C12H17FN2O. The summed E-state index contributed by atoms with van der Waals surface area (Å²) in [6, 6.07) is 6.10. The fourth-order valence-electron chi connectivity index (χ4n) is 1.25. The van der Waals surface area contributed by atoms with Gasteiger partial charge in [0.15, 0.2) is 0 Å². The Balaban J connectivity index is 2.29. The maximum atomic E-state index is 12.6. The molecule has 0 spiro atoms. The molecule has 16 heavy (non-hydrogen) atoms. The number of amides is 1. The number of nitrogens with two attached hydrogens (primary N) is 1. The lowest BCUT2D eigenvalue weighted by atomic mass is 10.2. The number of halogens is 1. The Morgan fingerprint density at radius 1 is 1.44 bits per heavy atom. The summed E-state index contributed by atoms with van der Waals surface area (Å²) in [7, 11) is 0. The van der Waals surface area contributed by atoms with E-state index in [2.05, 4.69) is 5.32 Å². The number of nitrogens with one attached hydrogen (secondary N) is 1. The highest BCUT2D eigenvalue weighted by Crippen LogP contribution is 2.02. The highest BCUT2D eigenvalue weighted by molar-refractivity contribution is 5.75. The first-order valence-corrected chi connectivity index (χ1v) is 5.34. The smallest absolute Gasteiger partial charge is 0.220 e. The lowest BCUT2D eigenvalue weighted by Gasteiger charge is -2.06. The third kappa shape index (κ3) is 4.89. The predicted octanol–water partition coefficient (Wildman–Crippen LogP) is 1.57. The fourth-order valence-corrected chi connectivity index (χ4v) is 1.25. The first-order valence-electron chi connectivity index (χ1n) is 5.34. The van der Waals surface area contributed by atoms with E-state index in [9.17, 15) is 9.18 Å². The Hall–Kier alpha value is -1.42. The topological polar surface area (TPSA) is 55.1 Å². The van der Waals surface area contributed by atoms with Crippen molar-refractivity contribution in [1.82, 2.24) is 5.32 Å². The van der Waals surface area contributed by atoms with E-state index in [1.807, 2.05) is 6.92 Å². The van der Waals surface area contributed by atoms with Gasteiger partial charge in [0, 0.05) is 19.0 Å². The molecule has 1 atom stereocenters. The minimum Gasteiger partial charge on any atom is -0.352 e. The van der Waals surface area contributed by atoms with Crippen molar-refractivity contribution < 1.29 is 9.18 Å². The van der Waals surface area contributed by atoms with Gasteiger partial charge >= 0.3 is 0 Å². The standard InChI is InChI=1S/C12H17FN2O/c1-9(14)2-7-12(16)15-8-10-3-5-11(13)6-4-10/h3-6,9H,2,7-8,14H2,1H3,(H,15,16). The quantitative estimate of drug-likeness (QED) is 0.797. The van der Waals surface area contributed by atoms with Crippen LogP contribution in [0.2, 0.25) is 0 Å². The molecule has 0 radical (unpaired) electrons. The lowest BCUT2D eigenvalue weighted by molar-refractivity contribution is -0.121. The molecule has 3 N–H and O–H groups in total. The zero-order valence-corrected chi connectivity index (χ0v) is 9.37. The summed E-state index contributed by atoms with van der Waals surface area (Å²) in [5, 5.41) is 2.76. The van der Waals surface area contributed by atoms with Gasteiger partial charge in [-0.05, 0) is 31.0 Å². The van der Waals surface area contributed by atoms with Crippen molar-refractivity contribution in [2.24, 2.45) is 5.73 Å². The van der Waals surface area contributed by atoms with Crippen molar-refractivity contribution in [3.8, 4) is 0 Å². The van der Waals surface area contributed by atoms with Crippen LogP contribution in [0.4, 0.5) is 4.39 Å². The SMILES string of the molecule is CC(N)CCC(=O)NCc1ccc(F)cc1. The summed E-state index contributed by atoms with van der Waals surface area (Å²) < 4.78 is 12.6. The van der Waals surface area contributed by atoms with Gasteiger partial charge in [-0.2, -0.15) is 0 Å². The Labute approximate surface area is 94.8 Å². The molecule has 0 aromatic heterocycles. The minimum atomic E-state index is -0.271. The van der Waals surface area contributed by atoms with Gasteiger partial charge in [-0.15, -0.1) is 0 Å². The van der Waals surface area contributed by atoms with Gasteiger partial charge in [0.1, 0.15) is 5.82 Å². The Morgan fingerprint density at radius 3 is 2.62 bits per heavy atom. The minimum absolute atomic E-state index is 0.0263. The second kappa shape index (κ2) is 6.23. The van der Waals surface area contributed by atoms with Crippen LogP contribution in [0, 0.1) is 5.82 Å². The van der Waals surface area contributed by atoms with Crippen molar-refractivity contribution in [2.75, 3.05) is 0 Å². The van der Waals surface area contributed by atoms with E-state index in [0.29, 0.717) is 19.4 Å². The van der Waals surface area contributed by atoms with E-state index in [1.165, 1.54) is 12.1 Å². The summed E-state index contributed by atoms with van der Waals surface area (Å²) in [6.45, 7) is 2.30. The van der Waals surface area contributed by atoms with Crippen molar-refractivity contribution in [3.63, 3.8) is 0 Å². The van der Waals surface area contributed by atoms with E-state index in [0.717, 1.165) is 5.56 Å². The van der Waals surface area contributed by atoms with Gasteiger partial charge in [0.05, 0.1) is 0 Å². The average molecular weight is 224 g/mol. The molecule has 0 bridgehead atoms. The van der Waals surface area contributed by atoms with Crippen molar-refractivity contribution in [1.29, 1.82) is 0 Å². The highest BCUT2D eigenvalue weighted by Gasteiger charge is 2.03. The molecule has 1 aromatic rings. The van der Waals surface area contributed by atoms with E-state index in [-0.39, 0.29) is 17.8 Å². The molecule has 0 saturated carbocycles. The maximum Gasteiger partial charge on any atom is 0.220 e. The first-order chi connectivity index (χ1) is 7.58. The molecule has 0 aliphatic carbocycles. The molecule has 0 saturated heterocycles. The monoisotopic (exact) mass is 224 g/mol. The normalized spacial score (nSPS) is 12.2. The first kappa shape index (κ1) is 12.6. The van der Waals surface area contributed by atoms with Crippen LogP contribution < -0.4 is 11.1 Å². The summed E-state index contributed by atoms with van der Waals surface area (Å²) >= 11 is 0. The molecular weight excluding hydrogens is 207 g/mol. The van der Waals surface area contributed by atoms with Crippen LogP contribution in [-0.2, 0) is 11.3 Å². The second-order valence-electron chi connectivity index (χ2n) is 3.92. The van der Waals surface area contributed by atoms with Crippen LogP contribution in [0.5, 0.6) is 0 Å². The summed E-state index contributed by atoms with van der Waals surface area (Å²) in [6.07, 6.45) is 1.11. The van der Waals surface area contributed by atoms with Crippen LogP contribution >= 0.6 is 0 Å². The van der Waals surface area contributed by atoms with Crippen LogP contribution in [0.1, 0.15) is 25.3 Å². The molecule has 1 aromatic carbocycles. The van der Waals surface area contributed by atoms with Crippen LogP contribution in [0.25, 0.3) is 0 Å². The molecule has 0 aliphatic heterocycles. The molecule has 4 heteroatoms. The van der Waals surface area contributed by atoms with Crippen molar-refractivity contribution in [3.05, 3.63) is 35.6 Å². The second-order valence-corrected chi connectivity index (χ2v) is 3.92. The Morgan fingerprint density at radius 2 is 2.06 bits per heavy atom. The molecule has 1 amide bonds. The molecule has 1 unspecified atom stereocenters. The van der Waals surface area contributed by atoms with E-state index >= 15 is 0 Å². The number of carbonyl (C=O) groups is 1. The number of hydrogen-bond acceptors (Lipinski definition) is 2. The highest BCUT2D eigenvalue weighted by atomic mass is 19.1. The van der Waals surface area contributed by atoms with Crippen molar-refractivity contribution in [2.45, 2.75) is 32.4 Å². The summed E-state index contributed by atoms with van der Waals surface area (Å²) in [5.41, 5.74) is 6.43. The van der Waals surface area contributed by atoms with Gasteiger partial charge in [-0.3, -0.25) is 4.79 Å². The average Bonchev–Trinajstić information content (AvgIpc) is 2.25. The Kier molecular flexibility index (Phi) is 4.92. The van der Waals surface area contributed by atoms with Gasteiger partial charge in [0.2, 0.25) is 5.91 Å². The largest absolute Gasteiger partial charge is 0.352 e. The fraction of sp³-hybridized carbons (Fsp3) is 0.417. The maximum absolute atomic E-state index is 12.6.